The van der Waals surface area contributed by atoms with Gasteiger partial charge in [-0.3, -0.25) is 14.5 Å². The highest BCUT2D eigenvalue weighted by Gasteiger charge is 2.31. The maximum Gasteiger partial charge on any atom is 0.237 e. The molecule has 3 rings (SSSR count). The molecule has 0 radical (unpaired) electrons. The minimum Gasteiger partial charge on any atom is -0.356 e. The normalized spacial score (nSPS) is 17.7. The number of piperazine rings is 1. The third-order valence-electron chi connectivity index (χ3n) is 4.57. The van der Waals surface area contributed by atoms with Crippen LogP contribution in [0.3, 0.4) is 0 Å². The molecule has 0 bridgehead atoms. The van der Waals surface area contributed by atoms with Gasteiger partial charge in [0.2, 0.25) is 11.8 Å². The van der Waals surface area contributed by atoms with Crippen molar-refractivity contribution < 1.29 is 9.59 Å². The van der Waals surface area contributed by atoms with Gasteiger partial charge in [-0.2, -0.15) is 0 Å². The monoisotopic (exact) mass is 371 g/mol. The van der Waals surface area contributed by atoms with E-state index in [2.05, 4.69) is 33.7 Å². The number of amides is 2. The Balaban J connectivity index is 1.45. The summed E-state index contributed by atoms with van der Waals surface area (Å²) in [6.45, 7) is 2.76. The molecule has 1 unspecified atom stereocenters. The van der Waals surface area contributed by atoms with Gasteiger partial charge < -0.3 is 10.6 Å². The molecule has 6 heteroatoms. The zero-order valence-corrected chi connectivity index (χ0v) is 15.6. The van der Waals surface area contributed by atoms with E-state index in [1.807, 2.05) is 29.6 Å². The predicted molar refractivity (Wildman–Crippen MR) is 104 cm³/mol. The topological polar surface area (TPSA) is 61.4 Å². The number of carbonyl (C=O) groups excluding carboxylic acids is 2. The summed E-state index contributed by atoms with van der Waals surface area (Å²) in [5.74, 6) is -0.108. The van der Waals surface area contributed by atoms with Crippen LogP contribution in [0.15, 0.2) is 47.8 Å². The molecule has 138 valence electrons. The van der Waals surface area contributed by atoms with Gasteiger partial charge in [0.1, 0.15) is 0 Å². The molecule has 5 nitrogen and oxygen atoms in total. The maximum atomic E-state index is 12.3. The van der Waals surface area contributed by atoms with Crippen molar-refractivity contribution in [2.75, 3.05) is 19.6 Å². The van der Waals surface area contributed by atoms with Crippen molar-refractivity contribution in [3.63, 3.8) is 0 Å². The summed E-state index contributed by atoms with van der Waals surface area (Å²) in [5.41, 5.74) is 1.27. The number of benzene rings is 1. The van der Waals surface area contributed by atoms with E-state index in [9.17, 15) is 9.59 Å². The van der Waals surface area contributed by atoms with E-state index >= 15 is 0 Å². The van der Waals surface area contributed by atoms with E-state index in [1.165, 1.54) is 10.4 Å². The van der Waals surface area contributed by atoms with Crippen LogP contribution in [-0.4, -0.2) is 42.4 Å². The van der Waals surface area contributed by atoms with Crippen molar-refractivity contribution in [1.82, 2.24) is 15.5 Å². The Morgan fingerprint density at radius 2 is 2.08 bits per heavy atom. The zero-order chi connectivity index (χ0) is 18.2. The Kier molecular flexibility index (Phi) is 6.80. The number of rotatable bonds is 8. The van der Waals surface area contributed by atoms with Gasteiger partial charge in [0.15, 0.2) is 0 Å². The highest BCUT2D eigenvalue weighted by molar-refractivity contribution is 7.09. The Labute approximate surface area is 158 Å². The molecular formula is C20H25N3O2S. The van der Waals surface area contributed by atoms with Crippen molar-refractivity contribution in [2.45, 2.75) is 31.8 Å². The van der Waals surface area contributed by atoms with Crippen LogP contribution in [-0.2, 0) is 22.6 Å². The van der Waals surface area contributed by atoms with Crippen LogP contribution in [0.1, 0.15) is 23.3 Å². The van der Waals surface area contributed by atoms with E-state index in [1.54, 1.807) is 11.3 Å². The fourth-order valence-electron chi connectivity index (χ4n) is 3.19. The fourth-order valence-corrected chi connectivity index (χ4v) is 3.92. The van der Waals surface area contributed by atoms with Gasteiger partial charge in [-0.05, 0) is 29.9 Å². The van der Waals surface area contributed by atoms with Crippen LogP contribution >= 0.6 is 11.3 Å². The third kappa shape index (κ3) is 5.41. The van der Waals surface area contributed by atoms with Crippen LogP contribution in [0, 0.1) is 0 Å². The highest BCUT2D eigenvalue weighted by Crippen LogP contribution is 2.17. The second kappa shape index (κ2) is 9.50. The van der Waals surface area contributed by atoms with Crippen molar-refractivity contribution in [3.05, 3.63) is 58.3 Å². The first-order valence-corrected chi connectivity index (χ1v) is 9.95. The second-order valence-corrected chi connectivity index (χ2v) is 7.53. The molecule has 1 atom stereocenters. The van der Waals surface area contributed by atoms with Gasteiger partial charge in [0, 0.05) is 31.1 Å². The number of carbonyl (C=O) groups is 2. The SMILES string of the molecule is O=C(CC1C(=O)NCCN1Cc1cccs1)NCCCc1ccccc1. The lowest BCUT2D eigenvalue weighted by Crippen LogP contribution is -2.56. The summed E-state index contributed by atoms with van der Waals surface area (Å²) in [5, 5.41) is 7.87. The quantitative estimate of drug-likeness (QED) is 0.699. The first-order chi connectivity index (χ1) is 12.7. The van der Waals surface area contributed by atoms with Gasteiger partial charge in [-0.1, -0.05) is 36.4 Å². The van der Waals surface area contributed by atoms with E-state index in [4.69, 9.17) is 0 Å². The lowest BCUT2D eigenvalue weighted by Gasteiger charge is -2.34. The molecule has 0 aliphatic carbocycles. The van der Waals surface area contributed by atoms with Gasteiger partial charge in [0.25, 0.3) is 0 Å². The summed E-state index contributed by atoms with van der Waals surface area (Å²) < 4.78 is 0. The van der Waals surface area contributed by atoms with Crippen molar-refractivity contribution >= 4 is 23.2 Å². The molecule has 1 saturated heterocycles. The van der Waals surface area contributed by atoms with Gasteiger partial charge in [-0.15, -0.1) is 11.3 Å². The molecule has 1 aromatic carbocycles. The molecule has 1 aliphatic rings. The van der Waals surface area contributed by atoms with Crippen LogP contribution in [0.5, 0.6) is 0 Å². The zero-order valence-electron chi connectivity index (χ0n) is 14.8. The van der Waals surface area contributed by atoms with Crippen molar-refractivity contribution in [1.29, 1.82) is 0 Å². The van der Waals surface area contributed by atoms with Gasteiger partial charge in [0.05, 0.1) is 12.5 Å². The van der Waals surface area contributed by atoms with E-state index in [0.29, 0.717) is 13.1 Å². The summed E-state index contributed by atoms with van der Waals surface area (Å²) >= 11 is 1.68. The number of thiophene rings is 1. The van der Waals surface area contributed by atoms with Crippen LogP contribution in [0.25, 0.3) is 0 Å². The smallest absolute Gasteiger partial charge is 0.237 e. The molecule has 1 aliphatic heterocycles. The number of hydrogen-bond acceptors (Lipinski definition) is 4. The number of hydrogen-bond donors (Lipinski definition) is 2. The lowest BCUT2D eigenvalue weighted by molar-refractivity contribution is -0.134. The second-order valence-electron chi connectivity index (χ2n) is 6.50. The fraction of sp³-hybridized carbons (Fsp3) is 0.400. The lowest BCUT2D eigenvalue weighted by atomic mass is 10.1. The van der Waals surface area contributed by atoms with E-state index in [0.717, 1.165) is 25.9 Å². The summed E-state index contributed by atoms with van der Waals surface area (Å²) in [6, 6.07) is 13.9. The van der Waals surface area contributed by atoms with Crippen LogP contribution in [0.2, 0.25) is 0 Å². The average Bonchev–Trinajstić information content (AvgIpc) is 3.16. The molecule has 26 heavy (non-hydrogen) atoms. The Hall–Kier alpha value is -2.18. The molecular weight excluding hydrogens is 346 g/mol. The Bertz CT molecular complexity index is 703. The predicted octanol–water partition coefficient (Wildman–Crippen LogP) is 2.19. The van der Waals surface area contributed by atoms with Crippen molar-refractivity contribution in [2.24, 2.45) is 0 Å². The first-order valence-electron chi connectivity index (χ1n) is 9.07. The van der Waals surface area contributed by atoms with Crippen LogP contribution in [0.4, 0.5) is 0 Å². The van der Waals surface area contributed by atoms with E-state index in [-0.39, 0.29) is 24.3 Å². The number of nitrogens with one attached hydrogen (secondary N) is 2. The van der Waals surface area contributed by atoms with E-state index < -0.39 is 0 Å². The summed E-state index contributed by atoms with van der Waals surface area (Å²) in [4.78, 5) is 27.9. The van der Waals surface area contributed by atoms with Gasteiger partial charge in [-0.25, -0.2) is 0 Å². The molecule has 2 amide bonds. The molecule has 2 aromatic rings. The third-order valence-corrected chi connectivity index (χ3v) is 5.43. The minimum absolute atomic E-state index is 0.0489. The van der Waals surface area contributed by atoms with Gasteiger partial charge >= 0.3 is 0 Å². The van der Waals surface area contributed by atoms with Crippen LogP contribution < -0.4 is 10.6 Å². The Morgan fingerprint density at radius 1 is 1.23 bits per heavy atom. The molecule has 1 fully saturated rings. The Morgan fingerprint density at radius 3 is 2.85 bits per heavy atom. The summed E-state index contributed by atoms with van der Waals surface area (Å²) in [7, 11) is 0. The highest BCUT2D eigenvalue weighted by atomic mass is 32.1. The largest absolute Gasteiger partial charge is 0.356 e. The molecule has 0 saturated carbocycles. The molecule has 1 aromatic heterocycles. The number of nitrogens with zero attached hydrogens (tertiary/aromatic N) is 1. The van der Waals surface area contributed by atoms with Crippen molar-refractivity contribution in [3.8, 4) is 0 Å². The maximum absolute atomic E-state index is 12.3. The molecule has 2 heterocycles. The standard InChI is InChI=1S/C20H25N3O2S/c24-19(21-10-4-8-16-6-2-1-3-7-16)14-18-20(25)22-11-12-23(18)15-17-9-5-13-26-17/h1-3,5-7,9,13,18H,4,8,10-12,14-15H2,(H,21,24)(H,22,25). The average molecular weight is 372 g/mol. The minimum atomic E-state index is -0.389. The molecule has 0 spiro atoms. The summed E-state index contributed by atoms with van der Waals surface area (Å²) in [6.07, 6.45) is 2.05. The first kappa shape index (κ1) is 18.6. The number of aryl methyl sites for hydroxylation is 1. The molecule has 2 N–H and O–H groups in total.